The lowest BCUT2D eigenvalue weighted by atomic mass is 10.0. The van der Waals surface area contributed by atoms with Crippen molar-refractivity contribution in [3.63, 3.8) is 0 Å². The number of carboxylic acid groups (broad SMARTS) is 1. The van der Waals surface area contributed by atoms with Crippen molar-refractivity contribution in [3.8, 4) is 0 Å². The SMILES string of the molecule is CC(=O)C(CCCCCCC(=O)O)N(C)CC1CC1. The zero-order valence-corrected chi connectivity index (χ0v) is 12.2. The van der Waals surface area contributed by atoms with Gasteiger partial charge in [0.25, 0.3) is 0 Å². The molecule has 4 heteroatoms. The number of carbonyl (C=O) groups excluding carboxylic acids is 1. The molecule has 4 nitrogen and oxygen atoms in total. The number of ketones is 1. The molecule has 0 heterocycles. The van der Waals surface area contributed by atoms with E-state index in [0.717, 1.165) is 44.6 Å². The van der Waals surface area contributed by atoms with E-state index in [9.17, 15) is 9.59 Å². The van der Waals surface area contributed by atoms with Gasteiger partial charge >= 0.3 is 5.97 Å². The number of carboxylic acids is 1. The highest BCUT2D eigenvalue weighted by Gasteiger charge is 2.27. The largest absolute Gasteiger partial charge is 0.481 e. The Balaban J connectivity index is 2.14. The van der Waals surface area contributed by atoms with Gasteiger partial charge in [-0.2, -0.15) is 0 Å². The van der Waals surface area contributed by atoms with Crippen LogP contribution in [0.5, 0.6) is 0 Å². The Morgan fingerprint density at radius 2 is 1.84 bits per heavy atom. The molecule has 0 aliphatic heterocycles. The second-order valence-corrected chi connectivity index (χ2v) is 5.86. The summed E-state index contributed by atoms with van der Waals surface area (Å²) in [6.45, 7) is 2.72. The minimum absolute atomic E-state index is 0.0556. The maximum absolute atomic E-state index is 11.7. The molecule has 110 valence electrons. The standard InChI is InChI=1S/C15H27NO3/c1-12(17)14(16(2)11-13-9-10-13)7-5-3-4-6-8-15(18)19/h13-14H,3-11H2,1-2H3,(H,18,19). The summed E-state index contributed by atoms with van der Waals surface area (Å²) in [5.74, 6) is 0.349. The summed E-state index contributed by atoms with van der Waals surface area (Å²) in [5, 5.41) is 8.54. The van der Waals surface area contributed by atoms with Crippen molar-refractivity contribution in [2.24, 2.45) is 5.92 Å². The minimum Gasteiger partial charge on any atom is -0.481 e. The van der Waals surface area contributed by atoms with Crippen molar-refractivity contribution in [1.29, 1.82) is 0 Å². The first-order valence-corrected chi connectivity index (χ1v) is 7.43. The van der Waals surface area contributed by atoms with Gasteiger partial charge in [-0.1, -0.05) is 19.3 Å². The van der Waals surface area contributed by atoms with Crippen molar-refractivity contribution in [3.05, 3.63) is 0 Å². The van der Waals surface area contributed by atoms with Gasteiger partial charge in [-0.15, -0.1) is 0 Å². The first-order chi connectivity index (χ1) is 9.00. The zero-order valence-electron chi connectivity index (χ0n) is 12.2. The summed E-state index contributed by atoms with van der Waals surface area (Å²) in [7, 11) is 2.05. The van der Waals surface area contributed by atoms with E-state index in [1.165, 1.54) is 12.8 Å². The smallest absolute Gasteiger partial charge is 0.303 e. The highest BCUT2D eigenvalue weighted by atomic mass is 16.4. The number of hydrogen-bond donors (Lipinski definition) is 1. The Kier molecular flexibility index (Phi) is 7.06. The molecule has 1 atom stereocenters. The summed E-state index contributed by atoms with van der Waals surface area (Å²) in [5.41, 5.74) is 0. The van der Waals surface area contributed by atoms with Gasteiger partial charge in [0.2, 0.25) is 0 Å². The molecule has 0 aromatic rings. The third-order valence-corrected chi connectivity index (χ3v) is 3.86. The molecule has 0 radical (unpaired) electrons. The van der Waals surface area contributed by atoms with E-state index in [1.807, 2.05) is 0 Å². The highest BCUT2D eigenvalue weighted by molar-refractivity contribution is 5.81. The average Bonchev–Trinajstić information content (AvgIpc) is 3.10. The zero-order chi connectivity index (χ0) is 14.3. The number of unbranched alkanes of at least 4 members (excludes halogenated alkanes) is 3. The number of nitrogens with zero attached hydrogens (tertiary/aromatic N) is 1. The molecule has 0 aromatic carbocycles. The molecule has 0 spiro atoms. The van der Waals surface area contributed by atoms with E-state index in [2.05, 4.69) is 11.9 Å². The number of Topliss-reactive ketones (excluding diaryl/α,β-unsaturated/α-hetero) is 1. The van der Waals surface area contributed by atoms with Crippen molar-refractivity contribution >= 4 is 11.8 Å². The van der Waals surface area contributed by atoms with E-state index in [0.29, 0.717) is 0 Å². The molecule has 1 rings (SSSR count). The van der Waals surface area contributed by atoms with Crippen LogP contribution in [0.25, 0.3) is 0 Å². The van der Waals surface area contributed by atoms with Crippen LogP contribution in [0.4, 0.5) is 0 Å². The van der Waals surface area contributed by atoms with Gasteiger partial charge in [0, 0.05) is 13.0 Å². The lowest BCUT2D eigenvalue weighted by molar-refractivity contribution is -0.137. The molecule has 0 saturated heterocycles. The van der Waals surface area contributed by atoms with Crippen molar-refractivity contribution in [2.75, 3.05) is 13.6 Å². The second kappa shape index (κ2) is 8.31. The van der Waals surface area contributed by atoms with Gasteiger partial charge in [0.05, 0.1) is 6.04 Å². The predicted octanol–water partition coefficient (Wildman–Crippen LogP) is 2.71. The predicted molar refractivity (Wildman–Crippen MR) is 75.2 cm³/mol. The fraction of sp³-hybridized carbons (Fsp3) is 0.867. The third kappa shape index (κ3) is 7.31. The average molecular weight is 269 g/mol. The number of likely N-dealkylation sites (N-methyl/N-ethyl adjacent to an activating group) is 1. The fourth-order valence-corrected chi connectivity index (χ4v) is 2.54. The first-order valence-electron chi connectivity index (χ1n) is 7.43. The Hall–Kier alpha value is -0.900. The fourth-order valence-electron chi connectivity index (χ4n) is 2.54. The summed E-state index contributed by atoms with van der Waals surface area (Å²) in [6.07, 6.45) is 7.52. The summed E-state index contributed by atoms with van der Waals surface area (Å²) in [4.78, 5) is 24.3. The summed E-state index contributed by atoms with van der Waals surface area (Å²) >= 11 is 0. The van der Waals surface area contributed by atoms with Gasteiger partial charge in [-0.3, -0.25) is 14.5 Å². The Bertz CT molecular complexity index is 300. The van der Waals surface area contributed by atoms with Crippen molar-refractivity contribution in [2.45, 2.75) is 64.3 Å². The van der Waals surface area contributed by atoms with E-state index >= 15 is 0 Å². The summed E-state index contributed by atoms with van der Waals surface area (Å²) < 4.78 is 0. The van der Waals surface area contributed by atoms with Crippen LogP contribution in [0.15, 0.2) is 0 Å². The van der Waals surface area contributed by atoms with E-state index in [4.69, 9.17) is 5.11 Å². The molecule has 0 amide bonds. The van der Waals surface area contributed by atoms with Gasteiger partial charge in [-0.05, 0) is 45.6 Å². The molecule has 0 aromatic heterocycles. The molecular weight excluding hydrogens is 242 g/mol. The van der Waals surface area contributed by atoms with Crippen molar-refractivity contribution in [1.82, 2.24) is 4.90 Å². The number of aliphatic carboxylic acids is 1. The molecule has 1 aliphatic carbocycles. The van der Waals surface area contributed by atoms with Crippen LogP contribution in [0.1, 0.15) is 58.3 Å². The maximum Gasteiger partial charge on any atom is 0.303 e. The lowest BCUT2D eigenvalue weighted by Gasteiger charge is -2.26. The van der Waals surface area contributed by atoms with E-state index in [-0.39, 0.29) is 18.2 Å². The summed E-state index contributed by atoms with van der Waals surface area (Å²) in [6, 6.07) is 0.0556. The van der Waals surface area contributed by atoms with Gasteiger partial charge < -0.3 is 5.11 Å². The Labute approximate surface area is 116 Å². The van der Waals surface area contributed by atoms with Crippen LogP contribution in [-0.2, 0) is 9.59 Å². The van der Waals surface area contributed by atoms with E-state index in [1.54, 1.807) is 6.92 Å². The van der Waals surface area contributed by atoms with Crippen LogP contribution in [-0.4, -0.2) is 41.4 Å². The topological polar surface area (TPSA) is 57.6 Å². The van der Waals surface area contributed by atoms with Gasteiger partial charge in [0.1, 0.15) is 5.78 Å². The second-order valence-electron chi connectivity index (χ2n) is 5.86. The number of carbonyl (C=O) groups is 2. The normalized spacial score (nSPS) is 16.6. The molecule has 1 unspecified atom stereocenters. The van der Waals surface area contributed by atoms with Crippen LogP contribution in [0.2, 0.25) is 0 Å². The lowest BCUT2D eigenvalue weighted by Crippen LogP contribution is -2.38. The quantitative estimate of drug-likeness (QED) is 0.586. The van der Waals surface area contributed by atoms with E-state index < -0.39 is 5.97 Å². The molecule has 1 fully saturated rings. The van der Waals surface area contributed by atoms with Gasteiger partial charge in [0.15, 0.2) is 0 Å². The first kappa shape index (κ1) is 16.2. The Morgan fingerprint density at radius 1 is 1.21 bits per heavy atom. The van der Waals surface area contributed by atoms with Crippen LogP contribution in [0.3, 0.4) is 0 Å². The minimum atomic E-state index is -0.717. The molecule has 0 bridgehead atoms. The maximum atomic E-state index is 11.7. The van der Waals surface area contributed by atoms with Crippen molar-refractivity contribution < 1.29 is 14.7 Å². The highest BCUT2D eigenvalue weighted by Crippen LogP contribution is 2.30. The van der Waals surface area contributed by atoms with Crippen LogP contribution in [0, 0.1) is 5.92 Å². The number of rotatable bonds is 11. The molecule has 1 saturated carbocycles. The number of hydrogen-bond acceptors (Lipinski definition) is 3. The third-order valence-electron chi connectivity index (χ3n) is 3.86. The van der Waals surface area contributed by atoms with Crippen LogP contribution < -0.4 is 0 Å². The Morgan fingerprint density at radius 3 is 2.37 bits per heavy atom. The molecular formula is C15H27NO3. The van der Waals surface area contributed by atoms with Crippen LogP contribution >= 0.6 is 0 Å². The molecule has 1 aliphatic rings. The monoisotopic (exact) mass is 269 g/mol. The molecule has 1 N–H and O–H groups in total. The van der Waals surface area contributed by atoms with Gasteiger partial charge in [-0.25, -0.2) is 0 Å². The molecule has 19 heavy (non-hydrogen) atoms.